The zero-order chi connectivity index (χ0) is 42.3. The van der Waals surface area contributed by atoms with Crippen molar-refractivity contribution in [3.63, 3.8) is 0 Å². The molecule has 0 rings (SSSR count). The summed E-state index contributed by atoms with van der Waals surface area (Å²) in [5.41, 5.74) is 0. The molecule has 0 saturated heterocycles. The van der Waals surface area contributed by atoms with Gasteiger partial charge in [0.05, 0.1) is 18.8 Å². The third-order valence-corrected chi connectivity index (χ3v) is 11.6. The molecule has 4 N–H and O–H groups in total. The molecule has 5 heteroatoms. The van der Waals surface area contributed by atoms with Crippen LogP contribution in [0, 0.1) is 0 Å². The van der Waals surface area contributed by atoms with Gasteiger partial charge in [-0.25, -0.2) is 0 Å². The van der Waals surface area contributed by atoms with E-state index in [9.17, 15) is 20.1 Å². The van der Waals surface area contributed by atoms with Crippen molar-refractivity contribution in [3.8, 4) is 0 Å². The van der Waals surface area contributed by atoms with E-state index in [0.29, 0.717) is 6.42 Å². The Morgan fingerprint density at radius 1 is 0.431 bits per heavy atom. The Balaban J connectivity index is 3.48. The average molecular weight is 814 g/mol. The molecular weight excluding hydrogens is 715 g/mol. The largest absolute Gasteiger partial charge is 0.394 e. The summed E-state index contributed by atoms with van der Waals surface area (Å²) in [6, 6.07) is -0.819. The Labute approximate surface area is 361 Å². The summed E-state index contributed by atoms with van der Waals surface area (Å²) in [7, 11) is 0. The first-order valence-corrected chi connectivity index (χ1v) is 25.5. The third-order valence-electron chi connectivity index (χ3n) is 11.6. The Morgan fingerprint density at radius 2 is 0.759 bits per heavy atom. The van der Waals surface area contributed by atoms with Gasteiger partial charge >= 0.3 is 0 Å². The molecule has 5 nitrogen and oxygen atoms in total. The maximum atomic E-state index is 12.4. The molecule has 3 atom stereocenters. The Hall–Kier alpha value is -1.69. The van der Waals surface area contributed by atoms with Gasteiger partial charge in [0.25, 0.3) is 0 Å². The van der Waals surface area contributed by atoms with Crippen LogP contribution in [0.4, 0.5) is 0 Å². The van der Waals surface area contributed by atoms with Gasteiger partial charge in [-0.2, -0.15) is 0 Å². The third kappa shape index (κ3) is 42.4. The summed E-state index contributed by atoms with van der Waals surface area (Å²) in [5.74, 6) is -0.518. The number of nitrogens with one attached hydrogen (secondary N) is 1. The highest BCUT2D eigenvalue weighted by Gasteiger charge is 2.22. The molecule has 0 bridgehead atoms. The van der Waals surface area contributed by atoms with Crippen LogP contribution in [0.5, 0.6) is 0 Å². The van der Waals surface area contributed by atoms with Crippen LogP contribution in [0.3, 0.4) is 0 Å². The van der Waals surface area contributed by atoms with Crippen LogP contribution in [-0.2, 0) is 4.79 Å². The molecule has 58 heavy (non-hydrogen) atoms. The van der Waals surface area contributed by atoms with Crippen LogP contribution in [0.25, 0.3) is 0 Å². The molecular formula is C53H99NO4. The molecule has 340 valence electrons. The topological polar surface area (TPSA) is 89.8 Å². The lowest BCUT2D eigenvalue weighted by molar-refractivity contribution is -0.131. The fourth-order valence-corrected chi connectivity index (χ4v) is 7.69. The molecule has 0 fully saturated rings. The van der Waals surface area contributed by atoms with Gasteiger partial charge < -0.3 is 20.6 Å². The minimum atomic E-state index is -1.11. The summed E-state index contributed by atoms with van der Waals surface area (Å²) < 4.78 is 0. The van der Waals surface area contributed by atoms with E-state index in [1.54, 1.807) is 6.08 Å². The molecule has 0 heterocycles. The Bertz CT molecular complexity index is 943. The summed E-state index contributed by atoms with van der Waals surface area (Å²) in [6.45, 7) is 4.05. The molecule has 0 aliphatic heterocycles. The molecule has 0 radical (unpaired) electrons. The summed E-state index contributed by atoms with van der Waals surface area (Å²) in [5, 5.41) is 33.0. The number of rotatable bonds is 46. The first-order valence-electron chi connectivity index (χ1n) is 25.5. The molecule has 0 aromatic rings. The molecule has 0 aromatic heterocycles. The lowest BCUT2D eigenvalue weighted by atomic mass is 10.0. The van der Waals surface area contributed by atoms with Crippen LogP contribution in [0.1, 0.15) is 258 Å². The van der Waals surface area contributed by atoms with Crippen molar-refractivity contribution in [2.24, 2.45) is 0 Å². The van der Waals surface area contributed by atoms with E-state index in [2.05, 4.69) is 55.6 Å². The minimum Gasteiger partial charge on any atom is -0.394 e. The predicted octanol–water partition coefficient (Wildman–Crippen LogP) is 15.3. The normalized spacial score (nSPS) is 13.8. The lowest BCUT2D eigenvalue weighted by Crippen LogP contribution is -2.48. The Kier molecular flexibility index (Phi) is 46.6. The van der Waals surface area contributed by atoms with E-state index in [4.69, 9.17) is 0 Å². The number of carbonyl (C=O) groups excluding carboxylic acids is 1. The van der Waals surface area contributed by atoms with Crippen LogP contribution in [0.2, 0.25) is 0 Å². The molecule has 0 spiro atoms. The maximum Gasteiger partial charge on any atom is 0.249 e. The lowest BCUT2D eigenvalue weighted by Gasteiger charge is -2.21. The van der Waals surface area contributed by atoms with Gasteiger partial charge in [0.1, 0.15) is 6.10 Å². The number of aliphatic hydroxyl groups excluding tert-OH is 3. The smallest absolute Gasteiger partial charge is 0.249 e. The van der Waals surface area contributed by atoms with E-state index in [0.717, 1.165) is 51.4 Å². The second kappa shape index (κ2) is 48.0. The molecule has 0 aliphatic rings. The molecule has 0 aliphatic carbocycles. The first-order chi connectivity index (χ1) is 28.6. The SMILES string of the molecule is CC/C=C/CC/C=C/CC/C=C/C(O)C(CO)NC(=O)C(O)CCCCCCCCCCCCCCCCCC/C=C\CCCCCCCCCCCCCCCC. The maximum absolute atomic E-state index is 12.4. The van der Waals surface area contributed by atoms with E-state index < -0.39 is 24.2 Å². The zero-order valence-electron chi connectivity index (χ0n) is 38.7. The fourth-order valence-electron chi connectivity index (χ4n) is 7.69. The van der Waals surface area contributed by atoms with Crippen molar-refractivity contribution >= 4 is 5.91 Å². The number of aliphatic hydroxyl groups is 3. The van der Waals surface area contributed by atoms with Crippen LogP contribution in [-0.4, -0.2) is 46.1 Å². The Morgan fingerprint density at radius 3 is 1.14 bits per heavy atom. The predicted molar refractivity (Wildman–Crippen MR) is 254 cm³/mol. The number of unbranched alkanes of at least 4 members (excludes halogenated alkanes) is 32. The van der Waals surface area contributed by atoms with E-state index in [-0.39, 0.29) is 6.61 Å². The summed E-state index contributed by atoms with van der Waals surface area (Å²) in [4.78, 5) is 12.4. The highest BCUT2D eigenvalue weighted by Crippen LogP contribution is 2.16. The van der Waals surface area contributed by atoms with Crippen molar-refractivity contribution in [2.45, 2.75) is 276 Å². The van der Waals surface area contributed by atoms with Crippen molar-refractivity contribution < 1.29 is 20.1 Å². The molecule has 3 unspecified atom stereocenters. The quantitative estimate of drug-likeness (QED) is 0.0364. The molecule has 1 amide bonds. The van der Waals surface area contributed by atoms with Crippen molar-refractivity contribution in [1.82, 2.24) is 5.32 Å². The van der Waals surface area contributed by atoms with E-state index in [1.807, 2.05) is 6.08 Å². The second-order valence-corrected chi connectivity index (χ2v) is 17.3. The van der Waals surface area contributed by atoms with Gasteiger partial charge in [0, 0.05) is 0 Å². The van der Waals surface area contributed by atoms with E-state index in [1.165, 1.54) is 186 Å². The summed E-state index contributed by atoms with van der Waals surface area (Å²) >= 11 is 0. The van der Waals surface area contributed by atoms with Gasteiger partial charge in [-0.1, -0.05) is 242 Å². The number of hydrogen-bond acceptors (Lipinski definition) is 4. The van der Waals surface area contributed by atoms with Crippen molar-refractivity contribution in [2.75, 3.05) is 6.61 Å². The number of carbonyl (C=O) groups is 1. The fraction of sp³-hybridized carbons (Fsp3) is 0.830. The van der Waals surface area contributed by atoms with Gasteiger partial charge in [0.15, 0.2) is 0 Å². The van der Waals surface area contributed by atoms with Crippen molar-refractivity contribution in [3.05, 3.63) is 48.6 Å². The van der Waals surface area contributed by atoms with Crippen molar-refractivity contribution in [1.29, 1.82) is 0 Å². The van der Waals surface area contributed by atoms with Crippen LogP contribution < -0.4 is 5.32 Å². The van der Waals surface area contributed by atoms with Gasteiger partial charge in [-0.15, -0.1) is 0 Å². The van der Waals surface area contributed by atoms with Gasteiger partial charge in [0.2, 0.25) is 5.91 Å². The van der Waals surface area contributed by atoms with Crippen LogP contribution in [0.15, 0.2) is 48.6 Å². The highest BCUT2D eigenvalue weighted by molar-refractivity contribution is 5.80. The van der Waals surface area contributed by atoms with Gasteiger partial charge in [-0.05, 0) is 64.2 Å². The highest BCUT2D eigenvalue weighted by atomic mass is 16.3. The number of hydrogen-bond donors (Lipinski definition) is 4. The van der Waals surface area contributed by atoms with Crippen LogP contribution >= 0.6 is 0 Å². The summed E-state index contributed by atoms with van der Waals surface area (Å²) in [6.07, 6.45) is 63.5. The number of allylic oxidation sites excluding steroid dienone is 7. The van der Waals surface area contributed by atoms with Gasteiger partial charge in [-0.3, -0.25) is 4.79 Å². The second-order valence-electron chi connectivity index (χ2n) is 17.3. The zero-order valence-corrected chi connectivity index (χ0v) is 38.7. The monoisotopic (exact) mass is 814 g/mol. The first kappa shape index (κ1) is 56.3. The standard InChI is InChI=1S/C53H99NO4/c1-3-5-7-9-11-13-15-16-17-18-19-20-21-22-23-24-25-26-27-28-29-30-31-32-33-34-35-36-37-38-40-42-44-46-48-52(57)53(58)54-50(49-55)51(56)47-45-43-41-39-14-12-10-8-6-4-2/h6,8,14,24-25,39,45,47,50-52,55-57H,3-5,7,9-13,15-23,26-38,40-44,46,48-49H2,1-2H3,(H,54,58)/b8-6+,25-24-,39-14+,47-45+. The molecule has 0 saturated carbocycles. The number of amides is 1. The van der Waals surface area contributed by atoms with E-state index >= 15 is 0 Å². The molecule has 0 aromatic carbocycles. The average Bonchev–Trinajstić information content (AvgIpc) is 3.23. The minimum absolute atomic E-state index is 0.382.